The molecule has 5 N–H and O–H groups in total. The maximum absolute atomic E-state index is 12.2. The van der Waals surface area contributed by atoms with Crippen molar-refractivity contribution in [1.29, 1.82) is 0 Å². The molecule has 0 spiro atoms. The van der Waals surface area contributed by atoms with Crippen molar-refractivity contribution in [2.45, 2.75) is 58.4 Å². The van der Waals surface area contributed by atoms with Crippen LogP contribution in [0.3, 0.4) is 0 Å². The predicted molar refractivity (Wildman–Crippen MR) is 89.2 cm³/mol. The van der Waals surface area contributed by atoms with E-state index in [0.29, 0.717) is 38.8 Å². The van der Waals surface area contributed by atoms with E-state index in [1.807, 2.05) is 6.92 Å². The molecule has 0 unspecified atom stereocenters. The summed E-state index contributed by atoms with van der Waals surface area (Å²) >= 11 is 0. The highest BCUT2D eigenvalue weighted by Gasteiger charge is 2.27. The van der Waals surface area contributed by atoms with Crippen LogP contribution in [0.1, 0.15) is 52.4 Å². The summed E-state index contributed by atoms with van der Waals surface area (Å²) in [6, 6.07) is -0.909. The van der Waals surface area contributed by atoms with Gasteiger partial charge in [-0.3, -0.25) is 19.2 Å². The molecule has 24 heavy (non-hydrogen) atoms. The minimum Gasteiger partial charge on any atom is -0.481 e. The SMILES string of the molecule is CCCNC(=O)C(=O)[C@H](CCCCN)NC(=O)[C@@H](C)CCC(=O)O. The molecule has 0 aliphatic carbocycles. The van der Waals surface area contributed by atoms with Crippen LogP contribution in [0.2, 0.25) is 0 Å². The maximum atomic E-state index is 12.2. The van der Waals surface area contributed by atoms with Gasteiger partial charge in [0.25, 0.3) is 5.91 Å². The lowest BCUT2D eigenvalue weighted by atomic mass is 10.0. The summed E-state index contributed by atoms with van der Waals surface area (Å²) in [6.45, 7) is 4.32. The van der Waals surface area contributed by atoms with Crippen molar-refractivity contribution in [3.05, 3.63) is 0 Å². The Hall–Kier alpha value is -1.96. The summed E-state index contributed by atoms with van der Waals surface area (Å²) in [5.41, 5.74) is 5.43. The number of Topliss-reactive ketones (excluding diaryl/α,β-unsaturated/α-hetero) is 1. The quantitative estimate of drug-likeness (QED) is 0.278. The van der Waals surface area contributed by atoms with Gasteiger partial charge < -0.3 is 21.5 Å². The van der Waals surface area contributed by atoms with Gasteiger partial charge in [0.05, 0.1) is 6.04 Å². The highest BCUT2D eigenvalue weighted by Crippen LogP contribution is 2.09. The summed E-state index contributed by atoms with van der Waals surface area (Å²) in [5, 5.41) is 13.7. The van der Waals surface area contributed by atoms with E-state index in [2.05, 4.69) is 10.6 Å². The molecule has 0 heterocycles. The Balaban J connectivity index is 4.74. The fourth-order valence-corrected chi connectivity index (χ4v) is 2.03. The van der Waals surface area contributed by atoms with Crippen molar-refractivity contribution in [3.63, 3.8) is 0 Å². The third kappa shape index (κ3) is 9.24. The molecule has 2 amide bonds. The molecular formula is C16H29N3O5. The molecule has 0 aromatic heterocycles. The number of nitrogens with one attached hydrogen (secondary N) is 2. The van der Waals surface area contributed by atoms with E-state index in [1.165, 1.54) is 0 Å². The van der Waals surface area contributed by atoms with Crippen LogP contribution in [-0.4, -0.2) is 47.8 Å². The molecule has 0 fully saturated rings. The Morgan fingerprint density at radius 2 is 1.79 bits per heavy atom. The average molecular weight is 343 g/mol. The maximum Gasteiger partial charge on any atom is 0.303 e. The second-order valence-corrected chi connectivity index (χ2v) is 5.80. The number of rotatable bonds is 13. The fraction of sp³-hybridized carbons (Fsp3) is 0.750. The van der Waals surface area contributed by atoms with Gasteiger partial charge in [-0.2, -0.15) is 0 Å². The third-order valence-corrected chi connectivity index (χ3v) is 3.58. The predicted octanol–water partition coefficient (Wildman–Crippen LogP) is 0.196. The van der Waals surface area contributed by atoms with Crippen LogP contribution in [0.4, 0.5) is 0 Å². The van der Waals surface area contributed by atoms with Gasteiger partial charge >= 0.3 is 5.97 Å². The van der Waals surface area contributed by atoms with E-state index in [-0.39, 0.29) is 12.8 Å². The van der Waals surface area contributed by atoms with Crippen molar-refractivity contribution >= 4 is 23.6 Å². The number of hydrogen-bond donors (Lipinski definition) is 4. The zero-order chi connectivity index (χ0) is 18.5. The molecule has 0 aliphatic heterocycles. The van der Waals surface area contributed by atoms with Gasteiger partial charge in [0, 0.05) is 18.9 Å². The van der Waals surface area contributed by atoms with E-state index in [0.717, 1.165) is 0 Å². The second kappa shape index (κ2) is 12.5. The van der Waals surface area contributed by atoms with E-state index < -0.39 is 35.5 Å². The van der Waals surface area contributed by atoms with Crippen LogP contribution in [0.15, 0.2) is 0 Å². The van der Waals surface area contributed by atoms with Crippen molar-refractivity contribution in [2.24, 2.45) is 11.7 Å². The molecule has 0 aromatic carbocycles. The Labute approximate surface area is 142 Å². The molecule has 0 radical (unpaired) electrons. The smallest absolute Gasteiger partial charge is 0.303 e. The second-order valence-electron chi connectivity index (χ2n) is 5.80. The van der Waals surface area contributed by atoms with Crippen molar-refractivity contribution in [1.82, 2.24) is 10.6 Å². The first-order valence-electron chi connectivity index (χ1n) is 8.37. The molecular weight excluding hydrogens is 314 g/mol. The van der Waals surface area contributed by atoms with Crippen molar-refractivity contribution in [2.75, 3.05) is 13.1 Å². The third-order valence-electron chi connectivity index (χ3n) is 3.58. The first-order chi connectivity index (χ1) is 11.3. The largest absolute Gasteiger partial charge is 0.481 e. The number of aliphatic carboxylic acids is 1. The Kier molecular flexibility index (Phi) is 11.4. The number of hydrogen-bond acceptors (Lipinski definition) is 5. The topological polar surface area (TPSA) is 139 Å². The molecule has 0 rings (SSSR count). The van der Waals surface area contributed by atoms with Crippen molar-refractivity contribution < 1.29 is 24.3 Å². The summed E-state index contributed by atoms with van der Waals surface area (Å²) in [5.74, 6) is -3.35. The molecule has 0 bridgehead atoms. The molecule has 0 saturated carbocycles. The van der Waals surface area contributed by atoms with Crippen LogP contribution in [0, 0.1) is 5.92 Å². The summed E-state index contributed by atoms with van der Waals surface area (Å²) in [4.78, 5) is 46.7. The standard InChI is InChI=1S/C16H29N3O5/c1-3-10-18-16(24)14(22)12(6-4-5-9-17)19-15(23)11(2)7-8-13(20)21/h11-12H,3-10,17H2,1-2H3,(H,18,24)(H,19,23)(H,20,21)/t11-,12-/m0/s1. The van der Waals surface area contributed by atoms with Gasteiger partial charge in [-0.1, -0.05) is 13.8 Å². The number of carboxylic acids is 1. The van der Waals surface area contributed by atoms with Crippen molar-refractivity contribution in [3.8, 4) is 0 Å². The van der Waals surface area contributed by atoms with Crippen LogP contribution in [-0.2, 0) is 19.2 Å². The molecule has 2 atom stereocenters. The lowest BCUT2D eigenvalue weighted by Crippen LogP contribution is -2.49. The first kappa shape index (κ1) is 22.0. The number of carbonyl (C=O) groups is 4. The number of carboxylic acid groups (broad SMARTS) is 1. The number of carbonyl (C=O) groups excluding carboxylic acids is 3. The summed E-state index contributed by atoms with van der Waals surface area (Å²) in [6.07, 6.45) is 2.37. The van der Waals surface area contributed by atoms with Gasteiger partial charge in [0.1, 0.15) is 0 Å². The first-order valence-corrected chi connectivity index (χ1v) is 8.37. The minimum absolute atomic E-state index is 0.128. The fourth-order valence-electron chi connectivity index (χ4n) is 2.03. The van der Waals surface area contributed by atoms with E-state index in [4.69, 9.17) is 10.8 Å². The Morgan fingerprint density at radius 1 is 1.12 bits per heavy atom. The van der Waals surface area contributed by atoms with Gasteiger partial charge in [-0.15, -0.1) is 0 Å². The monoisotopic (exact) mass is 343 g/mol. The van der Waals surface area contributed by atoms with Gasteiger partial charge in [0.2, 0.25) is 11.7 Å². The van der Waals surface area contributed by atoms with E-state index >= 15 is 0 Å². The minimum atomic E-state index is -0.982. The molecule has 138 valence electrons. The Morgan fingerprint density at radius 3 is 2.33 bits per heavy atom. The lowest BCUT2D eigenvalue weighted by Gasteiger charge is -2.19. The highest BCUT2D eigenvalue weighted by molar-refractivity contribution is 6.38. The Bertz CT molecular complexity index is 439. The molecule has 0 saturated heterocycles. The van der Waals surface area contributed by atoms with E-state index in [1.54, 1.807) is 6.92 Å². The molecule has 0 aromatic rings. The van der Waals surface area contributed by atoms with Gasteiger partial charge in [-0.25, -0.2) is 0 Å². The van der Waals surface area contributed by atoms with Crippen LogP contribution < -0.4 is 16.4 Å². The normalized spacial score (nSPS) is 13.0. The zero-order valence-corrected chi connectivity index (χ0v) is 14.5. The zero-order valence-electron chi connectivity index (χ0n) is 14.5. The number of amides is 2. The molecule has 0 aliphatic rings. The lowest BCUT2D eigenvalue weighted by molar-refractivity contribution is -0.140. The molecule has 8 heteroatoms. The van der Waals surface area contributed by atoms with Gasteiger partial charge in [0.15, 0.2) is 0 Å². The number of ketones is 1. The molecule has 8 nitrogen and oxygen atoms in total. The summed E-state index contributed by atoms with van der Waals surface area (Å²) < 4.78 is 0. The number of nitrogens with two attached hydrogens (primary N) is 1. The highest BCUT2D eigenvalue weighted by atomic mass is 16.4. The van der Waals surface area contributed by atoms with Crippen LogP contribution >= 0.6 is 0 Å². The van der Waals surface area contributed by atoms with Gasteiger partial charge in [-0.05, 0) is 38.6 Å². The average Bonchev–Trinajstić information content (AvgIpc) is 2.55. The van der Waals surface area contributed by atoms with Crippen LogP contribution in [0.25, 0.3) is 0 Å². The van der Waals surface area contributed by atoms with E-state index in [9.17, 15) is 19.2 Å². The van der Waals surface area contributed by atoms with Crippen LogP contribution in [0.5, 0.6) is 0 Å². The summed E-state index contributed by atoms with van der Waals surface area (Å²) in [7, 11) is 0. The number of unbranched alkanes of at least 4 members (excludes halogenated alkanes) is 1.